The molecule has 27 heavy (non-hydrogen) atoms. The number of halogens is 1. The zero-order valence-electron chi connectivity index (χ0n) is 16.0. The minimum atomic E-state index is -0.614. The van der Waals surface area contributed by atoms with E-state index in [-0.39, 0.29) is 18.6 Å². The van der Waals surface area contributed by atoms with Crippen molar-refractivity contribution in [3.05, 3.63) is 15.0 Å². The summed E-state index contributed by atoms with van der Waals surface area (Å²) in [4.78, 5) is 30.7. The molecule has 1 aromatic rings. The summed E-state index contributed by atoms with van der Waals surface area (Å²) in [7, 11) is 0. The SMILES string of the molecule is CC(=O)OC[C@@H](NC(=O)OC(C)(C)C)[C@@H](c1nc(Br)cs1)N1CCSCC1. The van der Waals surface area contributed by atoms with Crippen LogP contribution in [0.4, 0.5) is 4.79 Å². The first-order valence-electron chi connectivity index (χ1n) is 8.71. The van der Waals surface area contributed by atoms with Gasteiger partial charge in [0.05, 0.1) is 12.1 Å². The van der Waals surface area contributed by atoms with Crippen LogP contribution in [0.15, 0.2) is 9.98 Å². The Hall–Kier alpha value is -0.840. The molecule has 1 aliphatic heterocycles. The summed E-state index contributed by atoms with van der Waals surface area (Å²) < 4.78 is 11.4. The van der Waals surface area contributed by atoms with E-state index in [0.29, 0.717) is 0 Å². The Labute approximate surface area is 176 Å². The lowest BCUT2D eigenvalue weighted by Crippen LogP contribution is -2.51. The average Bonchev–Trinajstić information content (AvgIpc) is 2.98. The van der Waals surface area contributed by atoms with Crippen LogP contribution < -0.4 is 5.32 Å². The van der Waals surface area contributed by atoms with Crippen LogP contribution in [0.5, 0.6) is 0 Å². The van der Waals surface area contributed by atoms with Gasteiger partial charge in [0.1, 0.15) is 21.8 Å². The lowest BCUT2D eigenvalue weighted by Gasteiger charge is -2.38. The first-order chi connectivity index (χ1) is 12.7. The van der Waals surface area contributed by atoms with Crippen molar-refractivity contribution in [2.75, 3.05) is 31.2 Å². The van der Waals surface area contributed by atoms with Crippen LogP contribution in [0, 0.1) is 0 Å². The van der Waals surface area contributed by atoms with E-state index in [1.807, 2.05) is 37.9 Å². The van der Waals surface area contributed by atoms with E-state index in [0.717, 1.165) is 34.2 Å². The molecule has 0 saturated carbocycles. The Morgan fingerprint density at radius 3 is 2.56 bits per heavy atom. The van der Waals surface area contributed by atoms with Crippen LogP contribution in [0.3, 0.4) is 0 Å². The monoisotopic (exact) mass is 479 g/mol. The molecule has 0 aromatic carbocycles. The van der Waals surface area contributed by atoms with Gasteiger partial charge >= 0.3 is 12.1 Å². The van der Waals surface area contributed by atoms with E-state index in [1.165, 1.54) is 18.3 Å². The number of hydrogen-bond donors (Lipinski definition) is 1. The molecule has 2 heterocycles. The van der Waals surface area contributed by atoms with Crippen molar-refractivity contribution in [3.63, 3.8) is 0 Å². The van der Waals surface area contributed by atoms with Crippen molar-refractivity contribution in [1.82, 2.24) is 15.2 Å². The number of rotatable bonds is 6. The fourth-order valence-electron chi connectivity index (χ4n) is 2.72. The van der Waals surface area contributed by atoms with E-state index in [9.17, 15) is 9.59 Å². The molecular weight excluding hydrogens is 454 g/mol. The summed E-state index contributed by atoms with van der Waals surface area (Å²) in [5.74, 6) is 1.63. The zero-order chi connectivity index (χ0) is 20.0. The van der Waals surface area contributed by atoms with Gasteiger partial charge in [-0.1, -0.05) is 0 Å². The molecule has 1 fully saturated rings. The molecular formula is C17H26BrN3O4S2. The van der Waals surface area contributed by atoms with E-state index in [2.05, 4.69) is 31.1 Å². The molecule has 0 radical (unpaired) electrons. The number of esters is 1. The first-order valence-corrected chi connectivity index (χ1v) is 11.5. The van der Waals surface area contributed by atoms with Gasteiger partial charge in [-0.25, -0.2) is 9.78 Å². The molecule has 7 nitrogen and oxygen atoms in total. The Kier molecular flexibility index (Phi) is 8.39. The third-order valence-corrected chi connectivity index (χ3v) is 6.30. The summed E-state index contributed by atoms with van der Waals surface area (Å²) in [6.45, 7) is 8.59. The molecule has 0 aliphatic carbocycles. The Morgan fingerprint density at radius 1 is 1.37 bits per heavy atom. The van der Waals surface area contributed by atoms with Crippen molar-refractivity contribution < 1.29 is 19.1 Å². The van der Waals surface area contributed by atoms with Crippen LogP contribution >= 0.6 is 39.0 Å². The number of alkyl carbamates (subject to hydrolysis) is 1. The van der Waals surface area contributed by atoms with E-state index >= 15 is 0 Å². The number of carbonyl (C=O) groups excluding carboxylic acids is 2. The maximum absolute atomic E-state index is 12.4. The van der Waals surface area contributed by atoms with Crippen LogP contribution in [0.1, 0.15) is 38.7 Å². The first kappa shape index (κ1) is 22.4. The number of nitrogens with zero attached hydrogens (tertiary/aromatic N) is 2. The number of amides is 1. The van der Waals surface area contributed by atoms with Crippen LogP contribution in [-0.4, -0.2) is 64.8 Å². The second-order valence-electron chi connectivity index (χ2n) is 7.16. The average molecular weight is 480 g/mol. The summed E-state index contributed by atoms with van der Waals surface area (Å²) in [6.07, 6.45) is -0.536. The highest BCUT2D eigenvalue weighted by Crippen LogP contribution is 2.31. The summed E-state index contributed by atoms with van der Waals surface area (Å²) >= 11 is 6.82. The fourth-order valence-corrected chi connectivity index (χ4v) is 5.11. The highest BCUT2D eigenvalue weighted by molar-refractivity contribution is 9.10. The second-order valence-corrected chi connectivity index (χ2v) is 10.1. The Morgan fingerprint density at radius 2 is 2.04 bits per heavy atom. The minimum Gasteiger partial charge on any atom is -0.464 e. The molecule has 1 amide bonds. The molecule has 0 bridgehead atoms. The minimum absolute atomic E-state index is 0.0556. The third-order valence-electron chi connectivity index (χ3n) is 3.74. The summed E-state index contributed by atoms with van der Waals surface area (Å²) in [5.41, 5.74) is -0.614. The van der Waals surface area contributed by atoms with Gasteiger partial charge < -0.3 is 14.8 Å². The lowest BCUT2D eigenvalue weighted by atomic mass is 10.1. The summed E-state index contributed by atoms with van der Waals surface area (Å²) in [6, 6.07) is -0.668. The number of hydrogen-bond acceptors (Lipinski definition) is 8. The van der Waals surface area contributed by atoms with Crippen molar-refractivity contribution in [3.8, 4) is 0 Å². The second kappa shape index (κ2) is 10.1. The fraction of sp³-hybridized carbons (Fsp3) is 0.706. The number of thioether (sulfide) groups is 1. The number of nitrogens with one attached hydrogen (secondary N) is 1. The van der Waals surface area contributed by atoms with Crippen molar-refractivity contribution in [2.45, 2.75) is 45.4 Å². The van der Waals surface area contributed by atoms with Gasteiger partial charge in [0, 0.05) is 36.9 Å². The molecule has 1 N–H and O–H groups in total. The Balaban J connectivity index is 2.26. The lowest BCUT2D eigenvalue weighted by molar-refractivity contribution is -0.142. The number of carbonyl (C=O) groups is 2. The number of aromatic nitrogens is 1. The zero-order valence-corrected chi connectivity index (χ0v) is 19.2. The topological polar surface area (TPSA) is 80.8 Å². The normalized spacial score (nSPS) is 17.8. The molecule has 1 aliphatic rings. The molecule has 2 atom stereocenters. The van der Waals surface area contributed by atoms with Crippen molar-refractivity contribution in [1.29, 1.82) is 0 Å². The predicted molar refractivity (Wildman–Crippen MR) is 111 cm³/mol. The maximum atomic E-state index is 12.4. The molecule has 152 valence electrons. The van der Waals surface area contributed by atoms with Crippen LogP contribution in [0.25, 0.3) is 0 Å². The predicted octanol–water partition coefficient (Wildman–Crippen LogP) is 3.45. The highest BCUT2D eigenvalue weighted by Gasteiger charge is 2.35. The molecule has 1 aromatic heterocycles. The van der Waals surface area contributed by atoms with Gasteiger partial charge in [0.2, 0.25) is 0 Å². The van der Waals surface area contributed by atoms with Crippen molar-refractivity contribution >= 4 is 51.1 Å². The number of thiazole rings is 1. The van der Waals surface area contributed by atoms with Gasteiger partial charge in [-0.3, -0.25) is 9.69 Å². The van der Waals surface area contributed by atoms with Gasteiger partial charge in [-0.2, -0.15) is 11.8 Å². The van der Waals surface area contributed by atoms with Gasteiger partial charge in [0.15, 0.2) is 0 Å². The van der Waals surface area contributed by atoms with Crippen LogP contribution in [-0.2, 0) is 14.3 Å². The highest BCUT2D eigenvalue weighted by atomic mass is 79.9. The van der Waals surface area contributed by atoms with E-state index in [4.69, 9.17) is 9.47 Å². The molecule has 1 saturated heterocycles. The largest absolute Gasteiger partial charge is 0.464 e. The van der Waals surface area contributed by atoms with Crippen LogP contribution in [0.2, 0.25) is 0 Å². The molecule has 0 unspecified atom stereocenters. The van der Waals surface area contributed by atoms with E-state index in [1.54, 1.807) is 0 Å². The Bertz CT molecular complexity index is 644. The molecule has 2 rings (SSSR count). The number of ether oxygens (including phenoxy) is 2. The molecule has 10 heteroatoms. The summed E-state index contributed by atoms with van der Waals surface area (Å²) in [5, 5.41) is 5.68. The maximum Gasteiger partial charge on any atom is 0.408 e. The van der Waals surface area contributed by atoms with Gasteiger partial charge in [-0.15, -0.1) is 11.3 Å². The van der Waals surface area contributed by atoms with Gasteiger partial charge in [-0.05, 0) is 36.7 Å². The smallest absolute Gasteiger partial charge is 0.408 e. The van der Waals surface area contributed by atoms with Gasteiger partial charge in [0.25, 0.3) is 0 Å². The third kappa shape index (κ3) is 7.59. The quantitative estimate of drug-likeness (QED) is 0.625. The molecule has 0 spiro atoms. The van der Waals surface area contributed by atoms with E-state index < -0.39 is 17.7 Å². The standard InChI is InChI=1S/C17H26BrN3O4S2/c1-11(22)24-9-12(19-16(23)25-17(2,3)4)14(15-20-13(18)10-27-15)21-5-7-26-8-6-21/h10,12,14H,5-9H2,1-4H3,(H,19,23)/t12-,14+/m1/s1. The van der Waals surface area contributed by atoms with Crippen molar-refractivity contribution in [2.24, 2.45) is 0 Å².